The lowest BCUT2D eigenvalue weighted by Crippen LogP contribution is -2.02. The molecule has 0 fully saturated rings. The molecule has 0 spiro atoms. The van der Waals surface area contributed by atoms with Gasteiger partial charge in [-0.25, -0.2) is 0 Å². The zero-order valence-corrected chi connectivity index (χ0v) is 12.4. The van der Waals surface area contributed by atoms with Gasteiger partial charge in [0.05, 0.1) is 0 Å². The molecule has 17 heavy (non-hydrogen) atoms. The maximum Gasteiger partial charge on any atom is 0.145 e. The Morgan fingerprint density at radius 3 is 2.24 bits per heavy atom. The van der Waals surface area contributed by atoms with Gasteiger partial charge >= 0.3 is 0 Å². The van der Waals surface area contributed by atoms with Crippen LogP contribution < -0.4 is 0 Å². The van der Waals surface area contributed by atoms with Crippen molar-refractivity contribution in [2.75, 3.05) is 0 Å². The van der Waals surface area contributed by atoms with Gasteiger partial charge in [-0.2, -0.15) is 0 Å². The van der Waals surface area contributed by atoms with E-state index >= 15 is 0 Å². The Balaban J connectivity index is 3.35. The van der Waals surface area contributed by atoms with Crippen LogP contribution in [0.5, 0.6) is 0 Å². The van der Waals surface area contributed by atoms with E-state index in [0.717, 1.165) is 19.3 Å². The van der Waals surface area contributed by atoms with Gasteiger partial charge in [-0.1, -0.05) is 69.1 Å². The smallest absolute Gasteiger partial charge is 0.145 e. The van der Waals surface area contributed by atoms with Crippen molar-refractivity contribution in [1.29, 1.82) is 0 Å². The van der Waals surface area contributed by atoms with Crippen LogP contribution in [-0.2, 0) is 4.84 Å². The molecule has 1 unspecified atom stereocenters. The Bertz CT molecular complexity index is 195. The maximum atomic E-state index is 5.97. The summed E-state index contributed by atoms with van der Waals surface area (Å²) in [6.07, 6.45) is 11.1. The fraction of sp³-hybridized carbons (Fsp3) is 0.929. The molecule has 0 saturated heterocycles. The Morgan fingerprint density at radius 2 is 1.65 bits per heavy atom. The number of nitrogens with zero attached hydrogens (tertiary/aromatic N) is 1. The van der Waals surface area contributed by atoms with E-state index in [-0.39, 0.29) is 6.10 Å². The quantitative estimate of drug-likeness (QED) is 0.274. The molecular weight excluding hydrogens is 234 g/mol. The highest BCUT2D eigenvalue weighted by atomic mass is 35.5. The molecule has 0 aliphatic carbocycles. The summed E-state index contributed by atoms with van der Waals surface area (Å²) in [5.41, 5.74) is 0. The van der Waals surface area contributed by atoms with Gasteiger partial charge in [0, 0.05) is 6.42 Å². The second-order valence-corrected chi connectivity index (χ2v) is 5.10. The fourth-order valence-electron chi connectivity index (χ4n) is 1.50. The van der Waals surface area contributed by atoms with Crippen molar-refractivity contribution in [3.05, 3.63) is 0 Å². The van der Waals surface area contributed by atoms with Crippen LogP contribution in [0.3, 0.4) is 0 Å². The van der Waals surface area contributed by atoms with Gasteiger partial charge < -0.3 is 4.84 Å². The van der Waals surface area contributed by atoms with Gasteiger partial charge in [-0.3, -0.25) is 0 Å². The zero-order chi connectivity index (χ0) is 12.9. The Hall–Kier alpha value is -0.240. The minimum absolute atomic E-state index is 0.165. The molecule has 2 nitrogen and oxygen atoms in total. The molecule has 0 rings (SSSR count). The molecule has 0 aliphatic heterocycles. The van der Waals surface area contributed by atoms with E-state index in [1.807, 2.05) is 6.92 Å². The van der Waals surface area contributed by atoms with Crippen molar-refractivity contribution in [2.45, 2.75) is 84.7 Å². The highest BCUT2D eigenvalue weighted by Crippen LogP contribution is 2.10. The molecule has 0 radical (unpaired) electrons. The highest BCUT2D eigenvalue weighted by molar-refractivity contribution is 6.65. The summed E-state index contributed by atoms with van der Waals surface area (Å²) in [5, 5.41) is 4.53. The van der Waals surface area contributed by atoms with Crippen LogP contribution >= 0.6 is 11.6 Å². The maximum absolute atomic E-state index is 5.97. The van der Waals surface area contributed by atoms with Crippen molar-refractivity contribution in [3.8, 4) is 0 Å². The van der Waals surface area contributed by atoms with Crippen LogP contribution in [0.2, 0.25) is 0 Å². The monoisotopic (exact) mass is 261 g/mol. The predicted molar refractivity (Wildman–Crippen MR) is 76.7 cm³/mol. The second kappa shape index (κ2) is 12.2. The summed E-state index contributed by atoms with van der Waals surface area (Å²) in [4.78, 5) is 5.22. The first-order valence-electron chi connectivity index (χ1n) is 7.08. The molecule has 0 aromatic rings. The van der Waals surface area contributed by atoms with Crippen LogP contribution in [0.1, 0.15) is 78.6 Å². The van der Waals surface area contributed by atoms with E-state index in [1.165, 1.54) is 38.5 Å². The molecule has 1 atom stereocenters. The van der Waals surface area contributed by atoms with Crippen LogP contribution in [0.25, 0.3) is 0 Å². The van der Waals surface area contributed by atoms with Gasteiger partial charge in [0.25, 0.3) is 0 Å². The van der Waals surface area contributed by atoms with Crippen LogP contribution in [0.15, 0.2) is 5.16 Å². The lowest BCUT2D eigenvalue weighted by atomic mass is 10.1. The van der Waals surface area contributed by atoms with Gasteiger partial charge in [0.2, 0.25) is 0 Å². The van der Waals surface area contributed by atoms with E-state index in [2.05, 4.69) is 19.0 Å². The van der Waals surface area contributed by atoms with E-state index in [0.29, 0.717) is 5.17 Å². The molecule has 0 aromatic carbocycles. The molecule has 0 aromatic heterocycles. The average molecular weight is 262 g/mol. The van der Waals surface area contributed by atoms with E-state index < -0.39 is 0 Å². The van der Waals surface area contributed by atoms with Gasteiger partial charge in [0.15, 0.2) is 0 Å². The number of oxime groups is 1. The van der Waals surface area contributed by atoms with E-state index in [9.17, 15) is 0 Å². The number of hydrogen-bond acceptors (Lipinski definition) is 2. The Kier molecular flexibility index (Phi) is 12.1. The molecule has 0 saturated carbocycles. The van der Waals surface area contributed by atoms with Gasteiger partial charge in [0.1, 0.15) is 11.3 Å². The summed E-state index contributed by atoms with van der Waals surface area (Å²) in [6, 6.07) is 0. The van der Waals surface area contributed by atoms with E-state index in [4.69, 9.17) is 16.4 Å². The number of rotatable bonds is 11. The van der Waals surface area contributed by atoms with Crippen molar-refractivity contribution in [3.63, 3.8) is 0 Å². The molecule has 0 aliphatic rings. The Morgan fingerprint density at radius 1 is 1.06 bits per heavy atom. The second-order valence-electron chi connectivity index (χ2n) is 4.66. The number of unbranched alkanes of at least 4 members (excludes halogenated alkanes) is 6. The van der Waals surface area contributed by atoms with Crippen LogP contribution in [0, 0.1) is 0 Å². The third-order valence-electron chi connectivity index (χ3n) is 2.89. The molecule has 102 valence electrons. The van der Waals surface area contributed by atoms with Crippen molar-refractivity contribution in [2.24, 2.45) is 5.16 Å². The fourth-order valence-corrected chi connectivity index (χ4v) is 1.67. The summed E-state index contributed by atoms with van der Waals surface area (Å²) >= 11 is 5.97. The lowest BCUT2D eigenvalue weighted by Gasteiger charge is -2.06. The third-order valence-corrected chi connectivity index (χ3v) is 3.15. The lowest BCUT2D eigenvalue weighted by molar-refractivity contribution is 0.0701. The SMILES string of the molecule is CCCCCCCCCC(Cl)=NOC(C)CC. The first kappa shape index (κ1) is 16.8. The number of halogens is 1. The molecule has 3 heteroatoms. The topological polar surface area (TPSA) is 21.6 Å². The average Bonchev–Trinajstić information content (AvgIpc) is 2.34. The van der Waals surface area contributed by atoms with Crippen molar-refractivity contribution >= 4 is 16.8 Å². The first-order chi connectivity index (χ1) is 8.20. The zero-order valence-electron chi connectivity index (χ0n) is 11.7. The van der Waals surface area contributed by atoms with Crippen LogP contribution in [-0.4, -0.2) is 11.3 Å². The van der Waals surface area contributed by atoms with Gasteiger partial charge in [-0.15, -0.1) is 0 Å². The molecule has 0 N–H and O–H groups in total. The summed E-state index contributed by atoms with van der Waals surface area (Å²) in [7, 11) is 0. The molecule has 0 heterocycles. The molecular formula is C14H28ClNO. The molecule has 0 bridgehead atoms. The molecule has 0 amide bonds. The van der Waals surface area contributed by atoms with Crippen molar-refractivity contribution in [1.82, 2.24) is 0 Å². The largest absolute Gasteiger partial charge is 0.392 e. The number of hydrogen-bond donors (Lipinski definition) is 0. The Labute approximate surface area is 112 Å². The summed E-state index contributed by atoms with van der Waals surface area (Å²) < 4.78 is 0. The normalized spacial score (nSPS) is 13.8. The third kappa shape index (κ3) is 12.0. The summed E-state index contributed by atoms with van der Waals surface area (Å²) in [6.45, 7) is 6.32. The van der Waals surface area contributed by atoms with Crippen LogP contribution in [0.4, 0.5) is 0 Å². The van der Waals surface area contributed by atoms with Gasteiger partial charge in [-0.05, 0) is 19.8 Å². The first-order valence-corrected chi connectivity index (χ1v) is 7.46. The van der Waals surface area contributed by atoms with Crippen molar-refractivity contribution < 1.29 is 4.84 Å². The van der Waals surface area contributed by atoms with E-state index in [1.54, 1.807) is 0 Å². The predicted octanol–water partition coefficient (Wildman–Crippen LogP) is 5.49. The summed E-state index contributed by atoms with van der Waals surface area (Å²) in [5.74, 6) is 0. The minimum Gasteiger partial charge on any atom is -0.392 e. The standard InChI is InChI=1S/C14H28ClNO/c1-4-6-7-8-9-10-11-12-14(15)16-17-13(3)5-2/h13H,4-12H2,1-3H3. The minimum atomic E-state index is 0.165. The highest BCUT2D eigenvalue weighted by Gasteiger charge is 2.00.